The molecule has 3 aliphatic heterocycles. The lowest BCUT2D eigenvalue weighted by molar-refractivity contribution is -0.139. The number of ether oxygens (including phenoxy) is 1. The molecule has 1 aromatic carbocycles. The van der Waals surface area contributed by atoms with Crippen molar-refractivity contribution in [3.05, 3.63) is 24.3 Å². The molecule has 3 saturated heterocycles. The first-order valence-corrected chi connectivity index (χ1v) is 14.1. The van der Waals surface area contributed by atoms with E-state index in [-0.39, 0.29) is 34.4 Å². The van der Waals surface area contributed by atoms with Gasteiger partial charge in [0.15, 0.2) is 0 Å². The number of unbranched alkanes of at least 4 members (excludes halogenated alkanes) is 2. The second-order valence-corrected chi connectivity index (χ2v) is 12.2. The fraction of sp³-hybridized carbons (Fsp3) is 0.640. The van der Waals surface area contributed by atoms with Gasteiger partial charge in [-0.3, -0.25) is 14.4 Å². The van der Waals surface area contributed by atoms with E-state index in [1.165, 1.54) is 0 Å². The molecule has 35 heavy (non-hydrogen) atoms. The highest BCUT2D eigenvalue weighted by Gasteiger charge is 2.75. The summed E-state index contributed by atoms with van der Waals surface area (Å²) in [4.78, 5) is 42.6. The van der Waals surface area contributed by atoms with E-state index < -0.39 is 22.6 Å². The molecule has 1 spiro atoms. The average molecular weight is 569 g/mol. The molecule has 4 rings (SSSR count). The Morgan fingerprint density at radius 1 is 1.23 bits per heavy atom. The number of nitrogens with one attached hydrogen (secondary N) is 2. The smallest absolute Gasteiger partial charge is 0.248 e. The van der Waals surface area contributed by atoms with Gasteiger partial charge in [-0.1, -0.05) is 22.9 Å². The molecule has 8 nitrogen and oxygen atoms in total. The predicted octanol–water partition coefficient (Wildman–Crippen LogP) is 2.79. The quantitative estimate of drug-likeness (QED) is 0.280. The molecule has 0 radical (unpaired) electrons. The number of hydrogen-bond acceptors (Lipinski definition) is 6. The van der Waals surface area contributed by atoms with Crippen LogP contribution in [-0.2, 0) is 14.4 Å². The summed E-state index contributed by atoms with van der Waals surface area (Å²) in [5.74, 6) is -0.712. The third kappa shape index (κ3) is 4.81. The first-order valence-electron chi connectivity index (χ1n) is 12.3. The standard InChI is InChI=1S/C25H34BrN3O5S/c1-3-11-27-22(31)18-19-24(33)29(12-5-4-6-13-30)21(25(19)14-17(26)20(18)35-25)23(32)28-15-7-9-16(34-2)10-8-15/h7-10,17-21,30H,3-6,11-14H2,1-2H3,(H,27,31)(H,28,32)/t17?,18-,19-,20-,21?,25?/m0/s1. The number of aliphatic hydroxyl groups excluding tert-OH is 1. The van der Waals surface area contributed by atoms with Crippen LogP contribution >= 0.6 is 27.7 Å². The maximum absolute atomic E-state index is 13.9. The van der Waals surface area contributed by atoms with E-state index in [0.717, 1.165) is 12.8 Å². The van der Waals surface area contributed by atoms with Crippen molar-refractivity contribution in [1.82, 2.24) is 10.2 Å². The Kier molecular flexibility index (Phi) is 8.33. The van der Waals surface area contributed by atoms with Crippen LogP contribution in [0.15, 0.2) is 24.3 Å². The summed E-state index contributed by atoms with van der Waals surface area (Å²) in [6.07, 6.45) is 3.59. The second kappa shape index (κ2) is 11.1. The van der Waals surface area contributed by atoms with Gasteiger partial charge in [0.25, 0.3) is 0 Å². The number of likely N-dealkylation sites (tertiary alicyclic amines) is 1. The van der Waals surface area contributed by atoms with Crippen LogP contribution in [0.5, 0.6) is 5.75 Å². The minimum atomic E-state index is -0.671. The highest BCUT2D eigenvalue weighted by Crippen LogP contribution is 2.67. The van der Waals surface area contributed by atoms with Crippen LogP contribution < -0.4 is 15.4 Å². The molecule has 192 valence electrons. The monoisotopic (exact) mass is 567 g/mol. The third-order valence-corrected chi connectivity index (χ3v) is 10.5. The number of thioether (sulfide) groups is 1. The summed E-state index contributed by atoms with van der Waals surface area (Å²) in [5.41, 5.74) is 0.633. The molecule has 3 N–H and O–H groups in total. The lowest BCUT2D eigenvalue weighted by atomic mass is 9.70. The number of rotatable bonds is 11. The molecule has 10 heteroatoms. The molecule has 3 heterocycles. The number of benzene rings is 1. The van der Waals surface area contributed by atoms with Gasteiger partial charge in [-0.15, -0.1) is 11.8 Å². The number of methoxy groups -OCH3 is 1. The first-order chi connectivity index (χ1) is 16.9. The molecule has 3 fully saturated rings. The normalized spacial score (nSPS) is 30.9. The minimum Gasteiger partial charge on any atom is -0.497 e. The fourth-order valence-corrected chi connectivity index (χ4v) is 9.41. The average Bonchev–Trinajstić information content (AvgIpc) is 3.44. The molecule has 3 amide bonds. The molecule has 2 bridgehead atoms. The van der Waals surface area contributed by atoms with Gasteiger partial charge in [0.05, 0.1) is 23.7 Å². The Hall–Kier alpha value is -1.78. The summed E-state index contributed by atoms with van der Waals surface area (Å²) in [6.45, 7) is 3.10. The Morgan fingerprint density at radius 3 is 2.63 bits per heavy atom. The van der Waals surface area contributed by atoms with Crippen molar-refractivity contribution in [2.45, 2.75) is 59.9 Å². The molecular weight excluding hydrogens is 534 g/mol. The maximum atomic E-state index is 13.9. The van der Waals surface area contributed by atoms with Crippen molar-refractivity contribution in [3.8, 4) is 5.75 Å². The highest BCUT2D eigenvalue weighted by atomic mass is 79.9. The molecule has 0 saturated carbocycles. The number of carbonyl (C=O) groups is 3. The van der Waals surface area contributed by atoms with Gasteiger partial charge in [0, 0.05) is 35.5 Å². The number of fused-ring (bicyclic) bond motifs is 1. The first kappa shape index (κ1) is 26.3. The highest BCUT2D eigenvalue weighted by molar-refractivity contribution is 9.09. The number of alkyl halides is 1. The van der Waals surface area contributed by atoms with Gasteiger partial charge < -0.3 is 25.4 Å². The van der Waals surface area contributed by atoms with Crippen molar-refractivity contribution >= 4 is 51.1 Å². The maximum Gasteiger partial charge on any atom is 0.248 e. The summed E-state index contributed by atoms with van der Waals surface area (Å²) in [6, 6.07) is 6.45. The van der Waals surface area contributed by atoms with E-state index in [1.54, 1.807) is 48.0 Å². The molecular formula is C25H34BrN3O5S. The summed E-state index contributed by atoms with van der Waals surface area (Å²) in [5, 5.41) is 15.1. The van der Waals surface area contributed by atoms with E-state index in [1.807, 2.05) is 6.92 Å². The van der Waals surface area contributed by atoms with E-state index in [4.69, 9.17) is 9.84 Å². The zero-order valence-electron chi connectivity index (χ0n) is 20.2. The Labute approximate surface area is 219 Å². The molecule has 0 aromatic heterocycles. The van der Waals surface area contributed by atoms with Gasteiger partial charge in [-0.05, 0) is 56.4 Å². The lowest BCUT2D eigenvalue weighted by Gasteiger charge is -2.35. The van der Waals surface area contributed by atoms with Gasteiger partial charge in [-0.2, -0.15) is 0 Å². The Bertz CT molecular complexity index is 948. The van der Waals surface area contributed by atoms with Crippen molar-refractivity contribution in [3.63, 3.8) is 0 Å². The topological polar surface area (TPSA) is 108 Å². The second-order valence-electron chi connectivity index (χ2n) is 9.49. The number of amides is 3. The van der Waals surface area contributed by atoms with Gasteiger partial charge >= 0.3 is 0 Å². The number of halogens is 1. The number of aliphatic hydroxyl groups is 1. The lowest BCUT2D eigenvalue weighted by Crippen LogP contribution is -2.53. The summed E-state index contributed by atoms with van der Waals surface area (Å²) in [7, 11) is 1.59. The molecule has 6 atom stereocenters. The van der Waals surface area contributed by atoms with Crippen LogP contribution in [0.4, 0.5) is 5.69 Å². The van der Waals surface area contributed by atoms with Crippen LogP contribution in [0.2, 0.25) is 0 Å². The van der Waals surface area contributed by atoms with E-state index in [2.05, 4.69) is 26.6 Å². The Morgan fingerprint density at radius 2 is 1.97 bits per heavy atom. The van der Waals surface area contributed by atoms with Crippen LogP contribution in [0.1, 0.15) is 39.0 Å². The molecule has 0 aliphatic carbocycles. The zero-order chi connectivity index (χ0) is 25.2. The van der Waals surface area contributed by atoms with E-state index in [9.17, 15) is 14.4 Å². The van der Waals surface area contributed by atoms with Crippen LogP contribution in [0.3, 0.4) is 0 Å². The predicted molar refractivity (Wildman–Crippen MR) is 140 cm³/mol. The van der Waals surface area contributed by atoms with E-state index in [0.29, 0.717) is 43.8 Å². The summed E-state index contributed by atoms with van der Waals surface area (Å²) >= 11 is 5.41. The number of hydrogen-bond donors (Lipinski definition) is 3. The van der Waals surface area contributed by atoms with Crippen molar-refractivity contribution in [1.29, 1.82) is 0 Å². The third-order valence-electron chi connectivity index (χ3n) is 7.30. The largest absolute Gasteiger partial charge is 0.497 e. The van der Waals surface area contributed by atoms with Crippen LogP contribution in [-0.4, -0.2) is 75.4 Å². The van der Waals surface area contributed by atoms with Gasteiger partial charge in [0.2, 0.25) is 17.7 Å². The molecule has 1 aromatic rings. The van der Waals surface area contributed by atoms with Crippen LogP contribution in [0.25, 0.3) is 0 Å². The Balaban J connectivity index is 1.64. The zero-order valence-corrected chi connectivity index (χ0v) is 22.6. The van der Waals surface area contributed by atoms with Crippen molar-refractivity contribution < 1.29 is 24.2 Å². The summed E-state index contributed by atoms with van der Waals surface area (Å²) < 4.78 is 4.55. The SMILES string of the molecule is CCCNC(=O)[C@H]1[C@H]2C(=O)N(CCCCCO)C(C(=O)Nc3ccc(OC)cc3)C23CC(Br)[C@@H]1S3. The van der Waals surface area contributed by atoms with Crippen LogP contribution in [0, 0.1) is 11.8 Å². The number of nitrogens with zero attached hydrogens (tertiary/aromatic N) is 1. The molecule has 3 aliphatic rings. The van der Waals surface area contributed by atoms with Crippen molar-refractivity contribution in [2.75, 3.05) is 32.1 Å². The fourth-order valence-electron chi connectivity index (χ4n) is 5.79. The number of carbonyl (C=O) groups excluding carboxylic acids is 3. The van der Waals surface area contributed by atoms with Gasteiger partial charge in [-0.25, -0.2) is 0 Å². The van der Waals surface area contributed by atoms with E-state index >= 15 is 0 Å². The molecule has 3 unspecified atom stereocenters. The van der Waals surface area contributed by atoms with Gasteiger partial charge in [0.1, 0.15) is 11.8 Å². The number of anilines is 1. The minimum absolute atomic E-state index is 0.0476. The van der Waals surface area contributed by atoms with Crippen molar-refractivity contribution in [2.24, 2.45) is 11.8 Å².